The predicted octanol–water partition coefficient (Wildman–Crippen LogP) is 1.21. The van der Waals surface area contributed by atoms with Crippen LogP contribution in [-0.2, 0) is 4.79 Å². The molecule has 0 radical (unpaired) electrons. The number of hydrogen-bond donors (Lipinski definition) is 2. The van der Waals surface area contributed by atoms with Crippen LogP contribution in [0.5, 0.6) is 5.75 Å². The first-order valence-electron chi connectivity index (χ1n) is 6.08. The number of carbonyl (C=O) groups excluding carboxylic acids is 1. The summed E-state index contributed by atoms with van der Waals surface area (Å²) in [7, 11) is 1.58. The maximum absolute atomic E-state index is 11.8. The number of benzene rings is 1. The molecule has 0 atom stereocenters. The van der Waals surface area contributed by atoms with Crippen LogP contribution < -0.4 is 15.7 Å². The largest absolute Gasteiger partial charge is 0.497 e. The van der Waals surface area contributed by atoms with Crippen molar-refractivity contribution < 1.29 is 9.53 Å². The summed E-state index contributed by atoms with van der Waals surface area (Å²) in [5.74, 6) is 0.675. The molecule has 110 valence electrons. The van der Waals surface area contributed by atoms with Gasteiger partial charge in [0.1, 0.15) is 10.8 Å². The zero-order chi connectivity index (χ0) is 15.2. The summed E-state index contributed by atoms with van der Waals surface area (Å²) in [5.41, 5.74) is 0.727. The average Bonchev–Trinajstić information content (AvgIpc) is 2.49. The molecule has 1 aromatic heterocycles. The van der Waals surface area contributed by atoms with Crippen LogP contribution in [-0.4, -0.2) is 34.0 Å². The first-order chi connectivity index (χ1) is 10.1. The number of rotatable bonds is 5. The Bertz CT molecular complexity index is 685. The summed E-state index contributed by atoms with van der Waals surface area (Å²) >= 11 is 1.17. The zero-order valence-corrected chi connectivity index (χ0v) is 12.4. The van der Waals surface area contributed by atoms with Gasteiger partial charge in [-0.3, -0.25) is 4.79 Å². The number of aryl methyl sites for hydroxylation is 1. The number of anilines is 1. The van der Waals surface area contributed by atoms with Gasteiger partial charge in [-0.1, -0.05) is 11.8 Å². The van der Waals surface area contributed by atoms with Crippen LogP contribution in [0.3, 0.4) is 0 Å². The highest BCUT2D eigenvalue weighted by atomic mass is 32.2. The van der Waals surface area contributed by atoms with Crippen LogP contribution in [0.2, 0.25) is 0 Å². The molecule has 7 nitrogen and oxygen atoms in total. The Labute approximate surface area is 125 Å². The molecule has 1 amide bonds. The summed E-state index contributed by atoms with van der Waals surface area (Å²) in [6.07, 6.45) is 0. The van der Waals surface area contributed by atoms with Crippen LogP contribution in [0.1, 0.15) is 5.69 Å². The van der Waals surface area contributed by atoms with Gasteiger partial charge < -0.3 is 10.1 Å². The zero-order valence-electron chi connectivity index (χ0n) is 11.5. The standard InChI is InChI=1S/C13H14N4O3S/c1-8-12(15-13(19)17-16-8)21-7-11(18)14-9-3-5-10(20-2)6-4-9/h3-6H,7H2,1-2H3,(H,14,18)(H,15,17,19). The Hall–Kier alpha value is -2.35. The first kappa shape index (κ1) is 15.0. The SMILES string of the molecule is COc1ccc(NC(=O)CSc2nc(=O)[nH]nc2C)cc1. The van der Waals surface area contributed by atoms with Crippen molar-refractivity contribution >= 4 is 23.4 Å². The Morgan fingerprint density at radius 3 is 2.76 bits per heavy atom. The van der Waals surface area contributed by atoms with E-state index in [1.165, 1.54) is 11.8 Å². The van der Waals surface area contributed by atoms with E-state index in [4.69, 9.17) is 4.74 Å². The lowest BCUT2D eigenvalue weighted by molar-refractivity contribution is -0.113. The third kappa shape index (κ3) is 4.32. The number of carbonyl (C=O) groups is 1. The van der Waals surface area contributed by atoms with Crippen molar-refractivity contribution in [1.29, 1.82) is 0 Å². The molecule has 1 heterocycles. The molecule has 1 aromatic carbocycles. The molecule has 0 saturated carbocycles. The van der Waals surface area contributed by atoms with Crippen molar-refractivity contribution in [3.05, 3.63) is 40.4 Å². The molecule has 0 bridgehead atoms. The van der Waals surface area contributed by atoms with Crippen molar-refractivity contribution in [2.45, 2.75) is 11.9 Å². The van der Waals surface area contributed by atoms with Gasteiger partial charge >= 0.3 is 5.69 Å². The second kappa shape index (κ2) is 6.89. The van der Waals surface area contributed by atoms with Crippen molar-refractivity contribution in [3.63, 3.8) is 0 Å². The van der Waals surface area contributed by atoms with E-state index in [1.807, 2.05) is 0 Å². The highest BCUT2D eigenvalue weighted by Crippen LogP contribution is 2.18. The summed E-state index contributed by atoms with van der Waals surface area (Å²) in [6.45, 7) is 1.71. The summed E-state index contributed by atoms with van der Waals surface area (Å²) in [4.78, 5) is 26.7. The molecule has 21 heavy (non-hydrogen) atoms. The van der Waals surface area contributed by atoms with Gasteiger partial charge in [0, 0.05) is 5.69 Å². The van der Waals surface area contributed by atoms with E-state index < -0.39 is 5.69 Å². The van der Waals surface area contributed by atoms with Crippen molar-refractivity contribution in [2.24, 2.45) is 0 Å². The fourth-order valence-electron chi connectivity index (χ4n) is 1.52. The highest BCUT2D eigenvalue weighted by Gasteiger charge is 2.08. The molecule has 2 aromatic rings. The van der Waals surface area contributed by atoms with Gasteiger partial charge in [-0.15, -0.1) is 0 Å². The first-order valence-corrected chi connectivity index (χ1v) is 7.07. The molecule has 2 N–H and O–H groups in total. The Morgan fingerprint density at radius 1 is 1.38 bits per heavy atom. The second-order valence-corrected chi connectivity index (χ2v) is 5.06. The van der Waals surface area contributed by atoms with Crippen molar-refractivity contribution in [1.82, 2.24) is 15.2 Å². The predicted molar refractivity (Wildman–Crippen MR) is 79.7 cm³/mol. The number of thioether (sulfide) groups is 1. The highest BCUT2D eigenvalue weighted by molar-refractivity contribution is 8.00. The topological polar surface area (TPSA) is 97.0 Å². The van der Waals surface area contributed by atoms with Crippen molar-refractivity contribution in [2.75, 3.05) is 18.2 Å². The molecule has 8 heteroatoms. The number of nitrogens with zero attached hydrogens (tertiary/aromatic N) is 2. The molecule has 0 fully saturated rings. The Morgan fingerprint density at radius 2 is 2.10 bits per heavy atom. The minimum absolute atomic E-state index is 0.144. The second-order valence-electron chi connectivity index (χ2n) is 4.10. The number of ether oxygens (including phenoxy) is 1. The molecule has 0 unspecified atom stereocenters. The fourth-order valence-corrected chi connectivity index (χ4v) is 2.26. The number of aromatic amines is 1. The number of hydrogen-bond acceptors (Lipinski definition) is 6. The van der Waals surface area contributed by atoms with E-state index in [0.717, 1.165) is 5.75 Å². The molecule has 0 saturated heterocycles. The van der Waals surface area contributed by atoms with E-state index in [2.05, 4.69) is 20.5 Å². The van der Waals surface area contributed by atoms with Crippen LogP contribution in [0.4, 0.5) is 5.69 Å². The lowest BCUT2D eigenvalue weighted by Crippen LogP contribution is -2.17. The van der Waals surface area contributed by atoms with Gasteiger partial charge in [-0.2, -0.15) is 10.1 Å². The summed E-state index contributed by atoms with van der Waals surface area (Å²) < 4.78 is 5.04. The quantitative estimate of drug-likeness (QED) is 0.806. The van der Waals surface area contributed by atoms with E-state index >= 15 is 0 Å². The van der Waals surface area contributed by atoms with Gasteiger partial charge in [0.05, 0.1) is 18.6 Å². The third-order valence-electron chi connectivity index (χ3n) is 2.55. The molecule has 0 aliphatic carbocycles. The average molecular weight is 306 g/mol. The molecule has 0 aliphatic rings. The Balaban J connectivity index is 1.92. The number of aromatic nitrogens is 3. The third-order valence-corrected chi connectivity index (χ3v) is 3.61. The maximum Gasteiger partial charge on any atom is 0.362 e. The maximum atomic E-state index is 11.8. The number of nitrogens with one attached hydrogen (secondary N) is 2. The van der Waals surface area contributed by atoms with E-state index in [0.29, 0.717) is 16.4 Å². The van der Waals surface area contributed by atoms with Crippen LogP contribution in [0, 0.1) is 6.92 Å². The molecular weight excluding hydrogens is 292 g/mol. The lowest BCUT2D eigenvalue weighted by Gasteiger charge is -2.06. The number of amides is 1. The monoisotopic (exact) mass is 306 g/mol. The van der Waals surface area contributed by atoms with Crippen LogP contribution >= 0.6 is 11.8 Å². The fraction of sp³-hybridized carbons (Fsp3) is 0.231. The smallest absolute Gasteiger partial charge is 0.362 e. The van der Waals surface area contributed by atoms with Gasteiger partial charge in [0.15, 0.2) is 0 Å². The molecule has 0 spiro atoms. The molecular formula is C13H14N4O3S. The summed E-state index contributed by atoms with van der Waals surface area (Å²) in [5, 5.41) is 9.22. The lowest BCUT2D eigenvalue weighted by atomic mass is 10.3. The van der Waals surface area contributed by atoms with Gasteiger partial charge in [0.2, 0.25) is 5.91 Å². The number of methoxy groups -OCH3 is 1. The molecule has 0 aliphatic heterocycles. The minimum atomic E-state index is -0.529. The Kier molecular flexibility index (Phi) is 4.94. The summed E-state index contributed by atoms with van der Waals surface area (Å²) in [6, 6.07) is 7.02. The minimum Gasteiger partial charge on any atom is -0.497 e. The van der Waals surface area contributed by atoms with E-state index in [-0.39, 0.29) is 11.7 Å². The van der Waals surface area contributed by atoms with Crippen molar-refractivity contribution in [3.8, 4) is 5.75 Å². The van der Waals surface area contributed by atoms with Gasteiger partial charge in [-0.25, -0.2) is 9.89 Å². The molecule has 2 rings (SSSR count). The van der Waals surface area contributed by atoms with E-state index in [9.17, 15) is 9.59 Å². The van der Waals surface area contributed by atoms with Gasteiger partial charge in [-0.05, 0) is 31.2 Å². The van der Waals surface area contributed by atoms with E-state index in [1.54, 1.807) is 38.3 Å². The number of H-pyrrole nitrogens is 1. The van der Waals surface area contributed by atoms with Crippen LogP contribution in [0.25, 0.3) is 0 Å². The van der Waals surface area contributed by atoms with Crippen LogP contribution in [0.15, 0.2) is 34.1 Å². The van der Waals surface area contributed by atoms with Gasteiger partial charge in [0.25, 0.3) is 0 Å². The normalized spacial score (nSPS) is 10.2.